The minimum Gasteiger partial charge on any atom is -0.458 e. The van der Waals surface area contributed by atoms with Gasteiger partial charge >= 0.3 is 5.97 Å². The summed E-state index contributed by atoms with van der Waals surface area (Å²) in [6, 6.07) is 0. The number of rotatable bonds is 2. The van der Waals surface area contributed by atoms with Crippen LogP contribution in [0.15, 0.2) is 35.5 Å². The average molecular weight is 365 g/mol. The number of ether oxygens (including phenoxy) is 1. The fraction of sp³-hybridized carbons (Fsp3) is 0.682. The maximum atomic E-state index is 11.7. The van der Waals surface area contributed by atoms with Gasteiger partial charge in [0.25, 0.3) is 0 Å². The topological polar surface area (TPSA) is 26.3 Å². The van der Waals surface area contributed by atoms with E-state index in [-0.39, 0.29) is 22.9 Å². The first-order valence-electron chi connectivity index (χ1n) is 9.53. The third-order valence-corrected chi connectivity index (χ3v) is 6.22. The Balaban J connectivity index is 2.51. The van der Waals surface area contributed by atoms with Crippen molar-refractivity contribution in [1.82, 2.24) is 0 Å². The first-order valence-corrected chi connectivity index (χ1v) is 9.90. The van der Waals surface area contributed by atoms with E-state index in [4.69, 9.17) is 16.3 Å². The Kier molecular flexibility index (Phi) is 6.59. The molecule has 2 nitrogen and oxygen atoms in total. The fourth-order valence-corrected chi connectivity index (χ4v) is 4.65. The van der Waals surface area contributed by atoms with E-state index in [0.717, 1.165) is 32.1 Å². The van der Waals surface area contributed by atoms with Crippen LogP contribution in [0.4, 0.5) is 0 Å². The van der Waals surface area contributed by atoms with Crippen LogP contribution in [-0.4, -0.2) is 16.9 Å². The fourth-order valence-electron chi connectivity index (χ4n) is 4.32. The molecule has 0 amide bonds. The van der Waals surface area contributed by atoms with Crippen LogP contribution in [0.25, 0.3) is 0 Å². The molecule has 0 heterocycles. The Morgan fingerprint density at radius 3 is 2.72 bits per heavy atom. The van der Waals surface area contributed by atoms with Gasteiger partial charge in [-0.1, -0.05) is 43.7 Å². The molecule has 2 aliphatic carbocycles. The van der Waals surface area contributed by atoms with Gasteiger partial charge < -0.3 is 4.74 Å². The lowest BCUT2D eigenvalue weighted by molar-refractivity contribution is -0.144. The maximum absolute atomic E-state index is 11.7. The first kappa shape index (κ1) is 20.3. The van der Waals surface area contributed by atoms with Crippen LogP contribution < -0.4 is 0 Å². The summed E-state index contributed by atoms with van der Waals surface area (Å²) in [5, 5.41) is 0. The number of allylic oxidation sites excluding steroid dienone is 3. The largest absolute Gasteiger partial charge is 0.458 e. The van der Waals surface area contributed by atoms with Gasteiger partial charge in [0.2, 0.25) is 0 Å². The van der Waals surface area contributed by atoms with E-state index in [1.807, 2.05) is 0 Å². The second-order valence-corrected chi connectivity index (χ2v) is 9.18. The Hall–Kier alpha value is -1.02. The molecule has 0 saturated heterocycles. The van der Waals surface area contributed by atoms with E-state index in [9.17, 15) is 4.79 Å². The molecule has 0 unspecified atom stereocenters. The van der Waals surface area contributed by atoms with Gasteiger partial charge in [-0.15, -0.1) is 11.6 Å². The molecule has 140 valence electrons. The number of halogens is 1. The second-order valence-electron chi connectivity index (χ2n) is 8.32. The molecule has 3 heteroatoms. The van der Waals surface area contributed by atoms with Crippen molar-refractivity contribution in [1.29, 1.82) is 0 Å². The van der Waals surface area contributed by atoms with E-state index in [2.05, 4.69) is 46.4 Å². The van der Waals surface area contributed by atoms with E-state index >= 15 is 0 Å². The molecule has 0 aromatic carbocycles. The molecule has 1 saturated carbocycles. The molecule has 4 atom stereocenters. The third kappa shape index (κ3) is 5.00. The second kappa shape index (κ2) is 8.12. The van der Waals surface area contributed by atoms with Crippen molar-refractivity contribution in [3.8, 4) is 0 Å². The van der Waals surface area contributed by atoms with Crippen molar-refractivity contribution >= 4 is 17.6 Å². The highest BCUT2D eigenvalue weighted by molar-refractivity contribution is 6.24. The van der Waals surface area contributed by atoms with Crippen LogP contribution >= 0.6 is 11.6 Å². The van der Waals surface area contributed by atoms with Crippen LogP contribution in [0.2, 0.25) is 0 Å². The molecule has 1 fully saturated rings. The van der Waals surface area contributed by atoms with Crippen molar-refractivity contribution in [3.05, 3.63) is 35.5 Å². The van der Waals surface area contributed by atoms with Crippen molar-refractivity contribution in [2.45, 2.75) is 77.7 Å². The monoisotopic (exact) mass is 364 g/mol. The number of hydrogen-bond donors (Lipinski definition) is 0. The van der Waals surface area contributed by atoms with Crippen LogP contribution in [0.3, 0.4) is 0 Å². The number of hydrogen-bond acceptors (Lipinski definition) is 2. The minimum absolute atomic E-state index is 0.200. The van der Waals surface area contributed by atoms with Crippen molar-refractivity contribution < 1.29 is 9.53 Å². The van der Waals surface area contributed by atoms with Gasteiger partial charge in [0.1, 0.15) is 6.10 Å². The summed E-state index contributed by atoms with van der Waals surface area (Å²) in [6.45, 7) is 14.5. The summed E-state index contributed by atoms with van der Waals surface area (Å²) >= 11 is 6.91. The number of carbonyl (C=O) groups is 1. The lowest BCUT2D eigenvalue weighted by atomic mass is 9.80. The SMILES string of the molecule is C=C1CC/C=C(\C)C[C@H](OC(C)=O)/C(C(C)C)=C\[C@H]2[C@H]1CC[C@]2(C)Cl. The Morgan fingerprint density at radius 1 is 1.44 bits per heavy atom. The van der Waals surface area contributed by atoms with Crippen molar-refractivity contribution in [2.24, 2.45) is 17.8 Å². The lowest BCUT2D eigenvalue weighted by Gasteiger charge is -2.31. The van der Waals surface area contributed by atoms with Crippen molar-refractivity contribution in [3.63, 3.8) is 0 Å². The summed E-state index contributed by atoms with van der Waals surface area (Å²) in [5.41, 5.74) is 3.77. The summed E-state index contributed by atoms with van der Waals surface area (Å²) < 4.78 is 5.74. The molecule has 0 aromatic rings. The number of fused-ring (bicyclic) bond motifs is 1. The smallest absolute Gasteiger partial charge is 0.303 e. The highest BCUT2D eigenvalue weighted by Gasteiger charge is 2.44. The molecule has 0 bridgehead atoms. The normalized spacial score (nSPS) is 38.2. The zero-order valence-corrected chi connectivity index (χ0v) is 17.2. The van der Waals surface area contributed by atoms with Gasteiger partial charge in [-0.25, -0.2) is 0 Å². The van der Waals surface area contributed by atoms with Gasteiger partial charge in [0.05, 0.1) is 0 Å². The zero-order valence-electron chi connectivity index (χ0n) is 16.4. The van der Waals surface area contributed by atoms with Gasteiger partial charge in [0.15, 0.2) is 0 Å². The van der Waals surface area contributed by atoms with E-state index in [1.54, 1.807) is 0 Å². The zero-order chi connectivity index (χ0) is 18.8. The highest BCUT2D eigenvalue weighted by Crippen LogP contribution is 2.50. The van der Waals surface area contributed by atoms with E-state index < -0.39 is 0 Å². The van der Waals surface area contributed by atoms with E-state index in [0.29, 0.717) is 11.8 Å². The summed E-state index contributed by atoms with van der Waals surface area (Å²) in [7, 11) is 0. The first-order chi connectivity index (χ1) is 11.6. The minimum atomic E-state index is -0.259. The van der Waals surface area contributed by atoms with Crippen molar-refractivity contribution in [2.75, 3.05) is 0 Å². The highest BCUT2D eigenvalue weighted by atomic mass is 35.5. The lowest BCUT2D eigenvalue weighted by Crippen LogP contribution is -2.29. The maximum Gasteiger partial charge on any atom is 0.303 e. The predicted octanol–water partition coefficient (Wildman–Crippen LogP) is 6.21. The molecule has 25 heavy (non-hydrogen) atoms. The molecule has 0 N–H and O–H groups in total. The Bertz CT molecular complexity index is 583. The van der Waals surface area contributed by atoms with Crippen LogP contribution in [0.5, 0.6) is 0 Å². The summed E-state index contributed by atoms with van der Waals surface area (Å²) in [5.74, 6) is 0.747. The Labute approximate surface area is 158 Å². The Morgan fingerprint density at radius 2 is 2.12 bits per heavy atom. The molecular weight excluding hydrogens is 332 g/mol. The quantitative estimate of drug-likeness (QED) is 0.330. The predicted molar refractivity (Wildman–Crippen MR) is 106 cm³/mol. The molecule has 2 aliphatic rings. The van der Waals surface area contributed by atoms with Crippen LogP contribution in [-0.2, 0) is 9.53 Å². The molecule has 0 aromatic heterocycles. The molecular formula is C22H33ClO2. The standard InChI is InChI=1S/C22H33ClO2/c1-14(2)19-13-20-18(10-11-22(20,6)23)16(4)9-7-8-15(3)12-21(19)25-17(5)24/h8,13-14,18,20-21H,4,7,9-12H2,1-3,5-6H3/b15-8+,19-13-/t18-,20-,21-,22-/m0/s1. The third-order valence-electron chi connectivity index (χ3n) is 5.78. The number of esters is 1. The van der Waals surface area contributed by atoms with Gasteiger partial charge in [-0.3, -0.25) is 4.79 Å². The molecule has 2 rings (SSSR count). The molecule has 0 radical (unpaired) electrons. The van der Waals surface area contributed by atoms with Gasteiger partial charge in [0, 0.05) is 24.1 Å². The summed E-state index contributed by atoms with van der Waals surface area (Å²) in [4.78, 5) is 11.4. The average Bonchev–Trinajstić information content (AvgIpc) is 2.76. The van der Waals surface area contributed by atoms with Crippen LogP contribution in [0.1, 0.15) is 66.7 Å². The molecule has 0 aliphatic heterocycles. The molecule has 0 spiro atoms. The van der Waals surface area contributed by atoms with Crippen LogP contribution in [0, 0.1) is 17.8 Å². The summed E-state index contributed by atoms with van der Waals surface area (Å²) in [6.07, 6.45) is 9.25. The number of carbonyl (C=O) groups excluding carboxylic acids is 1. The van der Waals surface area contributed by atoms with Gasteiger partial charge in [-0.05, 0) is 56.9 Å². The number of alkyl halides is 1. The van der Waals surface area contributed by atoms with E-state index in [1.165, 1.54) is 23.6 Å². The van der Waals surface area contributed by atoms with Gasteiger partial charge in [-0.2, -0.15) is 0 Å².